The predicted molar refractivity (Wildman–Crippen MR) is 115 cm³/mol. The number of carbonyl (C=O) groups excluding carboxylic acids is 1. The molecule has 2 bridgehead atoms. The highest BCUT2D eigenvalue weighted by Gasteiger charge is 2.41. The van der Waals surface area contributed by atoms with Crippen molar-refractivity contribution in [2.45, 2.75) is 38.1 Å². The molecule has 6 heteroatoms. The Hall–Kier alpha value is -3.54. The maximum absolute atomic E-state index is 12.0. The normalized spacial score (nSPS) is 19.4. The van der Waals surface area contributed by atoms with Crippen molar-refractivity contribution in [3.8, 4) is 22.5 Å². The Kier molecular flexibility index (Phi) is 3.60. The van der Waals surface area contributed by atoms with Crippen LogP contribution in [0, 0.1) is 6.92 Å². The number of hydrogen-bond donors (Lipinski definition) is 1. The first kappa shape index (κ1) is 17.3. The van der Waals surface area contributed by atoms with E-state index in [-0.39, 0.29) is 0 Å². The van der Waals surface area contributed by atoms with Gasteiger partial charge in [0.05, 0.1) is 28.5 Å². The molecule has 0 radical (unpaired) electrons. The third-order valence-electron chi connectivity index (χ3n) is 6.51. The zero-order valence-corrected chi connectivity index (χ0v) is 16.7. The predicted octanol–water partition coefficient (Wildman–Crippen LogP) is 4.39. The van der Waals surface area contributed by atoms with Crippen molar-refractivity contribution >= 4 is 16.8 Å². The van der Waals surface area contributed by atoms with E-state index < -0.39 is 5.91 Å². The van der Waals surface area contributed by atoms with Crippen molar-refractivity contribution in [2.24, 2.45) is 5.73 Å². The number of aromatic nitrogens is 4. The van der Waals surface area contributed by atoms with Crippen LogP contribution in [-0.4, -0.2) is 25.7 Å². The summed E-state index contributed by atoms with van der Waals surface area (Å²) in [6.07, 6.45) is 5.18. The first-order chi connectivity index (χ1) is 14.6. The van der Waals surface area contributed by atoms with Crippen molar-refractivity contribution < 1.29 is 4.79 Å². The van der Waals surface area contributed by atoms with Crippen LogP contribution in [-0.2, 0) is 0 Å². The SMILES string of the molecule is Cc1cccc(-c2nn3c(c2-c2ccc4nccc(C(N)=O)c4c2)C2CCC3C2)n1. The fourth-order valence-corrected chi connectivity index (χ4v) is 5.20. The fraction of sp³-hybridized carbons (Fsp3) is 0.250. The maximum atomic E-state index is 12.0. The Labute approximate surface area is 173 Å². The van der Waals surface area contributed by atoms with Gasteiger partial charge in [-0.2, -0.15) is 5.10 Å². The summed E-state index contributed by atoms with van der Waals surface area (Å²) in [4.78, 5) is 21.2. The number of rotatable bonds is 3. The number of aryl methyl sites for hydroxylation is 1. The number of benzene rings is 1. The lowest BCUT2D eigenvalue weighted by molar-refractivity contribution is 0.100. The van der Waals surface area contributed by atoms with E-state index in [0.29, 0.717) is 17.5 Å². The first-order valence-corrected chi connectivity index (χ1v) is 10.4. The molecule has 148 valence electrons. The van der Waals surface area contributed by atoms with Gasteiger partial charge >= 0.3 is 0 Å². The number of carbonyl (C=O) groups is 1. The Bertz CT molecular complexity index is 1340. The molecule has 4 aromatic rings. The minimum Gasteiger partial charge on any atom is -0.366 e. The molecule has 2 atom stereocenters. The van der Waals surface area contributed by atoms with Gasteiger partial charge < -0.3 is 5.73 Å². The van der Waals surface area contributed by atoms with Crippen molar-refractivity contribution in [3.05, 3.63) is 65.6 Å². The molecule has 6 rings (SSSR count). The molecule has 0 saturated heterocycles. The summed E-state index contributed by atoms with van der Waals surface area (Å²) < 4.78 is 2.23. The van der Waals surface area contributed by atoms with Crippen molar-refractivity contribution in [2.75, 3.05) is 0 Å². The number of pyridine rings is 2. The molecule has 1 aliphatic heterocycles. The topological polar surface area (TPSA) is 86.7 Å². The third kappa shape index (κ3) is 2.43. The van der Waals surface area contributed by atoms with Gasteiger partial charge in [-0.15, -0.1) is 0 Å². The number of hydrogen-bond acceptors (Lipinski definition) is 4. The summed E-state index contributed by atoms with van der Waals surface area (Å²) in [7, 11) is 0. The van der Waals surface area contributed by atoms with Crippen LogP contribution in [0.5, 0.6) is 0 Å². The minimum absolute atomic E-state index is 0.445. The van der Waals surface area contributed by atoms with Crippen molar-refractivity contribution in [1.29, 1.82) is 0 Å². The number of nitrogens with two attached hydrogens (primary N) is 1. The summed E-state index contributed by atoms with van der Waals surface area (Å²) >= 11 is 0. The summed E-state index contributed by atoms with van der Waals surface area (Å²) in [5.74, 6) is 0.0793. The molecule has 6 nitrogen and oxygen atoms in total. The van der Waals surface area contributed by atoms with Gasteiger partial charge in [0.25, 0.3) is 0 Å². The molecule has 1 aliphatic carbocycles. The fourth-order valence-electron chi connectivity index (χ4n) is 5.20. The lowest BCUT2D eigenvalue weighted by Gasteiger charge is -2.14. The Morgan fingerprint density at radius 1 is 1.17 bits per heavy atom. The molecule has 2 aliphatic rings. The molecule has 2 unspecified atom stereocenters. The summed E-state index contributed by atoms with van der Waals surface area (Å²) in [6.45, 7) is 2.00. The standard InChI is InChI=1S/C24H21N5O/c1-13-3-2-4-20(27-13)22-21(23-15-5-7-16(11-15)29(23)28-22)14-6-8-19-18(12-14)17(24(25)30)9-10-26-19/h2-4,6,8-10,12,15-16H,5,7,11H2,1H3,(H2,25,30). The molecule has 1 fully saturated rings. The largest absolute Gasteiger partial charge is 0.366 e. The first-order valence-electron chi connectivity index (χ1n) is 10.4. The van der Waals surface area contributed by atoms with Gasteiger partial charge in [0.2, 0.25) is 5.91 Å². The van der Waals surface area contributed by atoms with E-state index >= 15 is 0 Å². The van der Waals surface area contributed by atoms with E-state index in [1.54, 1.807) is 12.3 Å². The highest BCUT2D eigenvalue weighted by Crippen LogP contribution is 2.53. The second-order valence-corrected chi connectivity index (χ2v) is 8.34. The van der Waals surface area contributed by atoms with Crippen LogP contribution in [0.2, 0.25) is 0 Å². The van der Waals surface area contributed by atoms with Gasteiger partial charge in [0.15, 0.2) is 0 Å². The molecule has 3 aromatic heterocycles. The summed E-state index contributed by atoms with van der Waals surface area (Å²) in [5, 5.41) is 5.82. The van der Waals surface area contributed by atoms with Crippen LogP contribution in [0.15, 0.2) is 48.7 Å². The number of nitrogens with zero attached hydrogens (tertiary/aromatic N) is 4. The second-order valence-electron chi connectivity index (χ2n) is 8.34. The van der Waals surface area contributed by atoms with Crippen LogP contribution >= 0.6 is 0 Å². The highest BCUT2D eigenvalue weighted by atomic mass is 16.1. The molecule has 1 saturated carbocycles. The Balaban J connectivity index is 1.64. The van der Waals surface area contributed by atoms with Crippen LogP contribution < -0.4 is 5.73 Å². The summed E-state index contributed by atoms with van der Waals surface area (Å²) in [5.41, 5.74) is 13.1. The smallest absolute Gasteiger partial charge is 0.249 e. The lowest BCUT2D eigenvalue weighted by atomic mass is 9.92. The quantitative estimate of drug-likeness (QED) is 0.557. The zero-order chi connectivity index (χ0) is 20.4. The lowest BCUT2D eigenvalue weighted by Crippen LogP contribution is -2.11. The van der Waals surface area contributed by atoms with E-state index in [9.17, 15) is 4.79 Å². The average Bonchev–Trinajstić information content (AvgIpc) is 3.45. The Morgan fingerprint density at radius 3 is 2.90 bits per heavy atom. The van der Waals surface area contributed by atoms with Gasteiger partial charge in [-0.1, -0.05) is 12.1 Å². The van der Waals surface area contributed by atoms with E-state index in [2.05, 4.69) is 15.7 Å². The van der Waals surface area contributed by atoms with Gasteiger partial charge in [0, 0.05) is 28.8 Å². The molecule has 1 aromatic carbocycles. The van der Waals surface area contributed by atoms with Gasteiger partial charge in [0.1, 0.15) is 5.69 Å². The van der Waals surface area contributed by atoms with Gasteiger partial charge in [-0.25, -0.2) is 0 Å². The van der Waals surface area contributed by atoms with Crippen LogP contribution in [0.3, 0.4) is 0 Å². The molecular formula is C24H21N5O. The molecule has 1 amide bonds. The third-order valence-corrected chi connectivity index (χ3v) is 6.51. The van der Waals surface area contributed by atoms with E-state index in [0.717, 1.165) is 39.1 Å². The van der Waals surface area contributed by atoms with Gasteiger partial charge in [-0.3, -0.25) is 19.4 Å². The number of amides is 1. The number of primary amides is 1. The van der Waals surface area contributed by atoms with Crippen molar-refractivity contribution in [1.82, 2.24) is 19.7 Å². The summed E-state index contributed by atoms with van der Waals surface area (Å²) in [6, 6.07) is 14.3. The molecule has 30 heavy (non-hydrogen) atoms. The monoisotopic (exact) mass is 395 g/mol. The van der Waals surface area contributed by atoms with Crippen LogP contribution in [0.1, 0.15) is 53.0 Å². The number of fused-ring (bicyclic) bond motifs is 6. The average molecular weight is 395 g/mol. The zero-order valence-electron chi connectivity index (χ0n) is 16.7. The second kappa shape index (κ2) is 6.23. The molecule has 2 N–H and O–H groups in total. The molecule has 0 spiro atoms. The van der Waals surface area contributed by atoms with E-state index in [1.807, 2.05) is 37.3 Å². The van der Waals surface area contributed by atoms with Crippen LogP contribution in [0.4, 0.5) is 0 Å². The van der Waals surface area contributed by atoms with Crippen molar-refractivity contribution in [3.63, 3.8) is 0 Å². The Morgan fingerprint density at radius 2 is 2.07 bits per heavy atom. The minimum atomic E-state index is -0.445. The maximum Gasteiger partial charge on any atom is 0.249 e. The molecular weight excluding hydrogens is 374 g/mol. The highest BCUT2D eigenvalue weighted by molar-refractivity contribution is 6.06. The molecule has 4 heterocycles. The van der Waals surface area contributed by atoms with Crippen LogP contribution in [0.25, 0.3) is 33.4 Å². The van der Waals surface area contributed by atoms with E-state index in [4.69, 9.17) is 15.8 Å². The van der Waals surface area contributed by atoms with Gasteiger partial charge in [-0.05, 0) is 62.1 Å². The van der Waals surface area contributed by atoms with E-state index in [1.165, 1.54) is 25.0 Å².